The van der Waals surface area contributed by atoms with Crippen molar-refractivity contribution in [2.24, 2.45) is 5.92 Å². The highest BCUT2D eigenvalue weighted by atomic mass is 28.3. The summed E-state index contributed by atoms with van der Waals surface area (Å²) in [5.41, 5.74) is 0. The first-order chi connectivity index (χ1) is 6.72. The van der Waals surface area contributed by atoms with Crippen molar-refractivity contribution in [3.05, 3.63) is 0 Å². The summed E-state index contributed by atoms with van der Waals surface area (Å²) < 4.78 is 0. The number of rotatable bonds is 4. The van der Waals surface area contributed by atoms with E-state index in [1.807, 2.05) is 0 Å². The molecule has 2 bridgehead atoms. The second kappa shape index (κ2) is 3.66. The van der Waals surface area contributed by atoms with Gasteiger partial charge in [0.1, 0.15) is 0 Å². The Kier molecular flexibility index (Phi) is 2.80. The molecule has 82 valence electrons. The minimum Gasteiger partial charge on any atom is -0.0678 e. The molecular formula is C13H26Si. The lowest BCUT2D eigenvalue weighted by atomic mass is 10.0. The van der Waals surface area contributed by atoms with E-state index in [4.69, 9.17) is 0 Å². The van der Waals surface area contributed by atoms with E-state index in [0.717, 1.165) is 11.0 Å². The van der Waals surface area contributed by atoms with Gasteiger partial charge in [0.15, 0.2) is 0 Å². The second-order valence-corrected chi connectivity index (χ2v) is 11.5. The van der Waals surface area contributed by atoms with Crippen molar-refractivity contribution in [3.8, 4) is 0 Å². The van der Waals surface area contributed by atoms with Crippen LogP contribution in [0.15, 0.2) is 0 Å². The lowest BCUT2D eigenvalue weighted by Gasteiger charge is -2.45. The van der Waals surface area contributed by atoms with Crippen molar-refractivity contribution in [1.82, 2.24) is 0 Å². The van der Waals surface area contributed by atoms with Crippen LogP contribution in [-0.2, 0) is 0 Å². The highest BCUT2D eigenvalue weighted by molar-refractivity contribution is 6.82. The molecule has 2 aliphatic rings. The van der Waals surface area contributed by atoms with Crippen molar-refractivity contribution >= 4 is 8.07 Å². The molecule has 0 aromatic rings. The third-order valence-electron chi connectivity index (χ3n) is 5.90. The van der Waals surface area contributed by atoms with Crippen LogP contribution in [0.4, 0.5) is 0 Å². The summed E-state index contributed by atoms with van der Waals surface area (Å²) >= 11 is 0. The molecule has 0 radical (unpaired) electrons. The molecule has 0 aromatic heterocycles. The largest absolute Gasteiger partial charge is 0.0678 e. The normalized spacial score (nSPS) is 36.6. The minimum atomic E-state index is -0.893. The molecule has 0 unspecified atom stereocenters. The summed E-state index contributed by atoms with van der Waals surface area (Å²) in [6.07, 6.45) is 8.01. The van der Waals surface area contributed by atoms with Crippen LogP contribution in [0.25, 0.3) is 0 Å². The van der Waals surface area contributed by atoms with Crippen LogP contribution < -0.4 is 0 Å². The Hall–Kier alpha value is 0.217. The van der Waals surface area contributed by atoms with Gasteiger partial charge in [-0.25, -0.2) is 0 Å². The molecular weight excluding hydrogens is 184 g/mol. The molecule has 0 N–H and O–H groups in total. The average molecular weight is 210 g/mol. The molecule has 0 atom stereocenters. The fourth-order valence-electron chi connectivity index (χ4n) is 4.81. The number of fused-ring (bicyclic) bond motifs is 2. The predicted molar refractivity (Wildman–Crippen MR) is 66.5 cm³/mol. The highest BCUT2D eigenvalue weighted by Gasteiger charge is 2.56. The van der Waals surface area contributed by atoms with Crippen LogP contribution in [0.2, 0.25) is 23.2 Å². The molecule has 0 nitrogen and oxygen atoms in total. The first kappa shape index (κ1) is 10.7. The van der Waals surface area contributed by atoms with Gasteiger partial charge in [0.2, 0.25) is 0 Å². The standard InChI is InChI=1S/C13H26Si/c1-4-14(5-2,6-3)13-9-7-12(11-13)8-10-13/h12H,4-11H2,1-3H3. The Morgan fingerprint density at radius 1 is 1.00 bits per heavy atom. The first-order valence-electron chi connectivity index (χ1n) is 6.72. The molecule has 0 saturated heterocycles. The van der Waals surface area contributed by atoms with E-state index in [-0.39, 0.29) is 0 Å². The maximum Gasteiger partial charge on any atom is 0.0589 e. The summed E-state index contributed by atoms with van der Waals surface area (Å²) in [6.45, 7) is 7.46. The fourth-order valence-corrected chi connectivity index (χ4v) is 10.6. The quantitative estimate of drug-likeness (QED) is 0.583. The van der Waals surface area contributed by atoms with Crippen molar-refractivity contribution in [3.63, 3.8) is 0 Å². The predicted octanol–water partition coefficient (Wildman–Crippen LogP) is 4.83. The van der Waals surface area contributed by atoms with Crippen LogP contribution in [0.3, 0.4) is 0 Å². The highest BCUT2D eigenvalue weighted by Crippen LogP contribution is 2.66. The second-order valence-electron chi connectivity index (χ2n) is 5.77. The molecule has 0 heterocycles. The number of hydrogen-bond acceptors (Lipinski definition) is 0. The fraction of sp³-hybridized carbons (Fsp3) is 1.00. The van der Waals surface area contributed by atoms with Gasteiger partial charge in [0.05, 0.1) is 8.07 Å². The summed E-state index contributed by atoms with van der Waals surface area (Å²) in [5, 5.41) is 0.913. The van der Waals surface area contributed by atoms with Gasteiger partial charge in [0, 0.05) is 0 Å². The molecule has 1 heteroatoms. The van der Waals surface area contributed by atoms with Crippen LogP contribution >= 0.6 is 0 Å². The zero-order valence-corrected chi connectivity index (χ0v) is 11.2. The Labute approximate surface area is 90.5 Å². The van der Waals surface area contributed by atoms with Gasteiger partial charge in [-0.15, -0.1) is 0 Å². The Balaban J connectivity index is 2.25. The van der Waals surface area contributed by atoms with Crippen molar-refractivity contribution < 1.29 is 0 Å². The van der Waals surface area contributed by atoms with Gasteiger partial charge >= 0.3 is 0 Å². The third-order valence-corrected chi connectivity index (χ3v) is 12.9. The molecule has 2 aliphatic carbocycles. The van der Waals surface area contributed by atoms with Gasteiger partial charge in [-0.3, -0.25) is 0 Å². The molecule has 2 rings (SSSR count). The van der Waals surface area contributed by atoms with Gasteiger partial charge in [-0.1, -0.05) is 51.7 Å². The zero-order valence-electron chi connectivity index (χ0n) is 10.2. The van der Waals surface area contributed by atoms with Crippen LogP contribution in [0, 0.1) is 5.92 Å². The third kappa shape index (κ3) is 1.24. The zero-order chi connectivity index (χ0) is 10.2. The van der Waals surface area contributed by atoms with Crippen LogP contribution in [0.5, 0.6) is 0 Å². The van der Waals surface area contributed by atoms with E-state index in [1.165, 1.54) is 0 Å². The number of hydrogen-bond donors (Lipinski definition) is 0. The van der Waals surface area contributed by atoms with E-state index in [2.05, 4.69) is 20.8 Å². The van der Waals surface area contributed by atoms with Crippen molar-refractivity contribution in [2.45, 2.75) is 76.0 Å². The molecule has 0 aliphatic heterocycles. The van der Waals surface area contributed by atoms with Gasteiger partial charge < -0.3 is 0 Å². The average Bonchev–Trinajstić information content (AvgIpc) is 2.82. The van der Waals surface area contributed by atoms with Crippen molar-refractivity contribution in [1.29, 1.82) is 0 Å². The van der Waals surface area contributed by atoms with Crippen molar-refractivity contribution in [2.75, 3.05) is 0 Å². The minimum absolute atomic E-state index is 0.893. The van der Waals surface area contributed by atoms with Crippen LogP contribution in [0.1, 0.15) is 52.9 Å². The summed E-state index contributed by atoms with van der Waals surface area (Å²) in [6, 6.07) is 4.64. The van der Waals surface area contributed by atoms with Crippen LogP contribution in [-0.4, -0.2) is 8.07 Å². The molecule has 0 spiro atoms. The van der Waals surface area contributed by atoms with E-state index in [9.17, 15) is 0 Å². The van der Waals surface area contributed by atoms with E-state index < -0.39 is 8.07 Å². The van der Waals surface area contributed by atoms with E-state index >= 15 is 0 Å². The van der Waals surface area contributed by atoms with E-state index in [1.54, 1.807) is 50.2 Å². The Morgan fingerprint density at radius 3 is 1.79 bits per heavy atom. The molecule has 0 aromatic carbocycles. The SMILES string of the molecule is CC[Si](CC)(CC)C12CCC(CC1)C2. The lowest BCUT2D eigenvalue weighted by Crippen LogP contribution is -2.44. The van der Waals surface area contributed by atoms with Gasteiger partial charge in [-0.2, -0.15) is 0 Å². The topological polar surface area (TPSA) is 0 Å². The van der Waals surface area contributed by atoms with Gasteiger partial charge in [-0.05, 0) is 30.2 Å². The molecule has 2 saturated carbocycles. The monoisotopic (exact) mass is 210 g/mol. The maximum atomic E-state index is 2.49. The Bertz CT molecular complexity index is 189. The molecule has 14 heavy (non-hydrogen) atoms. The molecule has 0 amide bonds. The van der Waals surface area contributed by atoms with Gasteiger partial charge in [0.25, 0.3) is 0 Å². The summed E-state index contributed by atoms with van der Waals surface area (Å²) in [4.78, 5) is 0. The molecule has 2 fully saturated rings. The van der Waals surface area contributed by atoms with E-state index in [0.29, 0.717) is 0 Å². The Morgan fingerprint density at radius 2 is 1.50 bits per heavy atom. The maximum absolute atomic E-state index is 2.49. The summed E-state index contributed by atoms with van der Waals surface area (Å²) in [5.74, 6) is 1.14. The first-order valence-corrected chi connectivity index (χ1v) is 9.34. The lowest BCUT2D eigenvalue weighted by molar-refractivity contribution is 0.476. The summed E-state index contributed by atoms with van der Waals surface area (Å²) in [7, 11) is -0.893. The smallest absolute Gasteiger partial charge is 0.0589 e.